The Labute approximate surface area is 51.7 Å². The molecule has 0 saturated carbocycles. The van der Waals surface area contributed by atoms with Crippen LogP contribution in [0.5, 0.6) is 0 Å². The lowest BCUT2D eigenvalue weighted by atomic mass is 10.4. The van der Waals surface area contributed by atoms with Crippen LogP contribution < -0.4 is 0 Å². The number of hydrogen-bond acceptors (Lipinski definition) is 5. The topological polar surface area (TPSA) is 71.8 Å². The van der Waals surface area contributed by atoms with E-state index in [0.29, 0.717) is 12.1 Å². The standard InChI is InChI=1S/C4H6N4O/c9-2-1-4-3-5-7-8-6-4/h3,9H,1-2H2. The zero-order chi connectivity index (χ0) is 6.53. The molecule has 0 aliphatic carbocycles. The minimum atomic E-state index is 0.0698. The van der Waals surface area contributed by atoms with E-state index in [1.54, 1.807) is 0 Å². The highest BCUT2D eigenvalue weighted by molar-refractivity contribution is 4.88. The zero-order valence-corrected chi connectivity index (χ0v) is 4.73. The average molecular weight is 126 g/mol. The Morgan fingerprint density at radius 1 is 1.44 bits per heavy atom. The maximum Gasteiger partial charge on any atom is 0.0873 e. The Bertz CT molecular complexity index is 165. The molecule has 0 atom stereocenters. The Kier molecular flexibility index (Phi) is 2.03. The summed E-state index contributed by atoms with van der Waals surface area (Å²) in [5.74, 6) is 0. The van der Waals surface area contributed by atoms with E-state index in [0.717, 1.165) is 0 Å². The van der Waals surface area contributed by atoms with E-state index >= 15 is 0 Å². The zero-order valence-electron chi connectivity index (χ0n) is 4.73. The fraction of sp³-hybridized carbons (Fsp3) is 0.500. The first-order chi connectivity index (χ1) is 4.43. The molecule has 1 rings (SSSR count). The van der Waals surface area contributed by atoms with Gasteiger partial charge in [0.25, 0.3) is 0 Å². The summed E-state index contributed by atoms with van der Waals surface area (Å²) < 4.78 is 0. The first kappa shape index (κ1) is 6.03. The van der Waals surface area contributed by atoms with Gasteiger partial charge in [0, 0.05) is 13.0 Å². The van der Waals surface area contributed by atoms with Crippen molar-refractivity contribution in [1.82, 2.24) is 20.6 Å². The van der Waals surface area contributed by atoms with Crippen molar-refractivity contribution in [3.8, 4) is 0 Å². The van der Waals surface area contributed by atoms with Gasteiger partial charge in [-0.3, -0.25) is 0 Å². The summed E-state index contributed by atoms with van der Waals surface area (Å²) in [7, 11) is 0. The molecule has 0 radical (unpaired) electrons. The minimum Gasteiger partial charge on any atom is -0.396 e. The molecule has 0 bridgehead atoms. The number of rotatable bonds is 2. The lowest BCUT2D eigenvalue weighted by Crippen LogP contribution is -1.99. The molecule has 0 amide bonds. The molecule has 5 heteroatoms. The summed E-state index contributed by atoms with van der Waals surface area (Å²) in [5, 5.41) is 22.0. The van der Waals surface area contributed by atoms with Crippen LogP contribution in [0.4, 0.5) is 0 Å². The lowest BCUT2D eigenvalue weighted by molar-refractivity contribution is 0.297. The summed E-state index contributed by atoms with van der Waals surface area (Å²) in [6, 6.07) is 0. The van der Waals surface area contributed by atoms with E-state index < -0.39 is 0 Å². The normalized spacial score (nSPS) is 9.44. The second kappa shape index (κ2) is 3.03. The van der Waals surface area contributed by atoms with Crippen LogP contribution in [0.3, 0.4) is 0 Å². The highest BCUT2D eigenvalue weighted by atomic mass is 16.3. The van der Waals surface area contributed by atoms with Gasteiger partial charge in [-0.05, 0) is 10.4 Å². The van der Waals surface area contributed by atoms with Gasteiger partial charge in [0.1, 0.15) is 0 Å². The van der Waals surface area contributed by atoms with Crippen LogP contribution in [0.15, 0.2) is 6.20 Å². The highest BCUT2D eigenvalue weighted by Gasteiger charge is 1.90. The summed E-state index contributed by atoms with van der Waals surface area (Å²) >= 11 is 0. The molecule has 1 aromatic heterocycles. The molecule has 48 valence electrons. The molecule has 9 heavy (non-hydrogen) atoms. The van der Waals surface area contributed by atoms with Crippen LogP contribution in [-0.4, -0.2) is 32.3 Å². The molecule has 0 unspecified atom stereocenters. The van der Waals surface area contributed by atoms with Gasteiger partial charge in [-0.1, -0.05) is 0 Å². The van der Waals surface area contributed by atoms with Gasteiger partial charge in [0.15, 0.2) is 0 Å². The second-order valence-electron chi connectivity index (χ2n) is 1.49. The molecular weight excluding hydrogens is 120 g/mol. The monoisotopic (exact) mass is 126 g/mol. The summed E-state index contributed by atoms with van der Waals surface area (Å²) in [6.45, 7) is 0.0698. The quantitative estimate of drug-likeness (QED) is 0.539. The van der Waals surface area contributed by atoms with Crippen molar-refractivity contribution in [2.75, 3.05) is 6.61 Å². The molecule has 0 saturated heterocycles. The summed E-state index contributed by atoms with van der Waals surface area (Å²) in [5.41, 5.74) is 0.660. The Balaban J connectivity index is 2.61. The van der Waals surface area contributed by atoms with Crippen LogP contribution in [-0.2, 0) is 6.42 Å². The first-order valence-corrected chi connectivity index (χ1v) is 2.54. The molecule has 0 aromatic carbocycles. The Morgan fingerprint density at radius 2 is 2.33 bits per heavy atom. The number of hydrogen-bond donors (Lipinski definition) is 1. The summed E-state index contributed by atoms with van der Waals surface area (Å²) in [6.07, 6.45) is 1.96. The van der Waals surface area contributed by atoms with Gasteiger partial charge in [-0.25, -0.2) is 0 Å². The predicted octanol–water partition coefficient (Wildman–Crippen LogP) is -1.20. The van der Waals surface area contributed by atoms with Gasteiger partial charge in [0.2, 0.25) is 0 Å². The first-order valence-electron chi connectivity index (χ1n) is 2.54. The highest BCUT2D eigenvalue weighted by Crippen LogP contribution is 1.85. The minimum absolute atomic E-state index is 0.0698. The third kappa shape index (κ3) is 1.69. The molecule has 0 fully saturated rings. The molecule has 1 N–H and O–H groups in total. The van der Waals surface area contributed by atoms with E-state index in [1.165, 1.54) is 6.20 Å². The van der Waals surface area contributed by atoms with Crippen molar-refractivity contribution in [2.45, 2.75) is 6.42 Å². The van der Waals surface area contributed by atoms with Crippen molar-refractivity contribution >= 4 is 0 Å². The van der Waals surface area contributed by atoms with Gasteiger partial charge in [-0.15, -0.1) is 10.2 Å². The summed E-state index contributed by atoms with van der Waals surface area (Å²) in [4.78, 5) is 0. The second-order valence-corrected chi connectivity index (χ2v) is 1.49. The third-order valence-corrected chi connectivity index (χ3v) is 0.840. The van der Waals surface area contributed by atoms with Crippen molar-refractivity contribution in [2.24, 2.45) is 0 Å². The number of aromatic nitrogens is 4. The molecule has 0 aliphatic rings. The number of nitrogens with zero attached hydrogens (tertiary/aromatic N) is 4. The number of aliphatic hydroxyl groups is 1. The largest absolute Gasteiger partial charge is 0.396 e. The molecular formula is C4H6N4O. The Hall–Kier alpha value is -1.10. The maximum atomic E-state index is 8.40. The van der Waals surface area contributed by atoms with E-state index in [1.807, 2.05) is 0 Å². The molecule has 1 aromatic rings. The lowest BCUT2D eigenvalue weighted by Gasteiger charge is -1.89. The van der Waals surface area contributed by atoms with E-state index in [2.05, 4.69) is 20.6 Å². The maximum absolute atomic E-state index is 8.40. The van der Waals surface area contributed by atoms with Crippen molar-refractivity contribution in [1.29, 1.82) is 0 Å². The van der Waals surface area contributed by atoms with Crippen LogP contribution in [0.25, 0.3) is 0 Å². The van der Waals surface area contributed by atoms with Gasteiger partial charge >= 0.3 is 0 Å². The van der Waals surface area contributed by atoms with Crippen LogP contribution >= 0.6 is 0 Å². The predicted molar refractivity (Wildman–Crippen MR) is 28.4 cm³/mol. The van der Waals surface area contributed by atoms with Crippen LogP contribution in [0.2, 0.25) is 0 Å². The average Bonchev–Trinajstić information content (AvgIpc) is 1.91. The number of aliphatic hydroxyl groups excluding tert-OH is 1. The molecule has 1 heterocycles. The van der Waals surface area contributed by atoms with Crippen molar-refractivity contribution in [3.05, 3.63) is 11.9 Å². The molecule has 0 aliphatic heterocycles. The SMILES string of the molecule is OCCc1cnnnn1. The Morgan fingerprint density at radius 3 is 2.89 bits per heavy atom. The van der Waals surface area contributed by atoms with Gasteiger partial charge in [-0.2, -0.15) is 0 Å². The fourth-order valence-corrected chi connectivity index (χ4v) is 0.448. The van der Waals surface area contributed by atoms with Crippen molar-refractivity contribution in [3.63, 3.8) is 0 Å². The van der Waals surface area contributed by atoms with Crippen LogP contribution in [0, 0.1) is 0 Å². The van der Waals surface area contributed by atoms with Crippen LogP contribution in [0.1, 0.15) is 5.69 Å². The van der Waals surface area contributed by atoms with Crippen molar-refractivity contribution < 1.29 is 5.11 Å². The van der Waals surface area contributed by atoms with Gasteiger partial charge in [0.05, 0.1) is 11.9 Å². The molecule has 0 spiro atoms. The van der Waals surface area contributed by atoms with Gasteiger partial charge < -0.3 is 5.11 Å². The molecule has 5 nitrogen and oxygen atoms in total. The third-order valence-electron chi connectivity index (χ3n) is 0.840. The smallest absolute Gasteiger partial charge is 0.0873 e. The van der Waals surface area contributed by atoms with E-state index in [9.17, 15) is 0 Å². The van der Waals surface area contributed by atoms with E-state index in [-0.39, 0.29) is 6.61 Å². The van der Waals surface area contributed by atoms with E-state index in [4.69, 9.17) is 5.11 Å². The fourth-order valence-electron chi connectivity index (χ4n) is 0.448.